The van der Waals surface area contributed by atoms with Gasteiger partial charge in [0.05, 0.1) is 24.6 Å². The molecule has 0 aliphatic carbocycles. The Balaban J connectivity index is 1.85. The van der Waals surface area contributed by atoms with Crippen molar-refractivity contribution < 1.29 is 19.1 Å². The summed E-state index contributed by atoms with van der Waals surface area (Å²) in [5, 5.41) is 3.43. The topological polar surface area (TPSA) is 75.7 Å². The molecule has 6 nitrogen and oxygen atoms in total. The molecular formula is C26H30N2O4. The predicted octanol–water partition coefficient (Wildman–Crippen LogP) is 3.86. The Hall–Kier alpha value is -2.99. The summed E-state index contributed by atoms with van der Waals surface area (Å²) >= 11 is 0. The Morgan fingerprint density at radius 3 is 2.16 bits per heavy atom. The van der Waals surface area contributed by atoms with Gasteiger partial charge in [-0.2, -0.15) is 0 Å². The van der Waals surface area contributed by atoms with Crippen LogP contribution < -0.4 is 10.2 Å². The van der Waals surface area contributed by atoms with Crippen LogP contribution in [-0.2, 0) is 19.1 Å². The van der Waals surface area contributed by atoms with E-state index in [1.165, 1.54) is 12.0 Å². The third-order valence-electron chi connectivity index (χ3n) is 6.86. The van der Waals surface area contributed by atoms with Gasteiger partial charge in [0.2, 0.25) is 11.8 Å². The number of imide groups is 1. The Morgan fingerprint density at radius 1 is 1.00 bits per heavy atom. The van der Waals surface area contributed by atoms with Crippen LogP contribution in [0, 0.1) is 25.7 Å². The van der Waals surface area contributed by atoms with E-state index in [4.69, 9.17) is 4.74 Å². The Labute approximate surface area is 188 Å². The highest BCUT2D eigenvalue weighted by Gasteiger charge is 2.68. The summed E-state index contributed by atoms with van der Waals surface area (Å²) in [5.74, 6) is -2.59. The van der Waals surface area contributed by atoms with E-state index in [9.17, 15) is 14.4 Å². The first-order chi connectivity index (χ1) is 15.3. The molecule has 4 rings (SSSR count). The summed E-state index contributed by atoms with van der Waals surface area (Å²) in [4.78, 5) is 41.9. The number of nitrogens with one attached hydrogen (secondary N) is 1. The van der Waals surface area contributed by atoms with Gasteiger partial charge < -0.3 is 4.74 Å². The first-order valence-electron chi connectivity index (χ1n) is 11.2. The number of unbranched alkanes of at least 4 members (excludes halogenated alkanes) is 1. The monoisotopic (exact) mass is 434 g/mol. The molecule has 2 aromatic rings. The van der Waals surface area contributed by atoms with Crippen molar-refractivity contribution in [2.24, 2.45) is 11.8 Å². The van der Waals surface area contributed by atoms with Crippen LogP contribution in [0.15, 0.2) is 48.5 Å². The number of ether oxygens (including phenoxy) is 1. The van der Waals surface area contributed by atoms with Crippen LogP contribution >= 0.6 is 0 Å². The van der Waals surface area contributed by atoms with Gasteiger partial charge in [-0.3, -0.25) is 19.7 Å². The molecule has 2 fully saturated rings. The number of carbonyl (C=O) groups is 3. The Morgan fingerprint density at radius 2 is 1.59 bits per heavy atom. The van der Waals surface area contributed by atoms with Crippen LogP contribution in [0.25, 0.3) is 0 Å². The summed E-state index contributed by atoms with van der Waals surface area (Å²) in [6.45, 7) is 5.99. The van der Waals surface area contributed by atoms with Crippen LogP contribution in [0.5, 0.6) is 0 Å². The largest absolute Gasteiger partial charge is 0.468 e. The van der Waals surface area contributed by atoms with Crippen molar-refractivity contribution >= 4 is 23.5 Å². The van der Waals surface area contributed by atoms with Crippen LogP contribution in [0.1, 0.15) is 48.9 Å². The number of methoxy groups -OCH3 is 1. The third-order valence-corrected chi connectivity index (χ3v) is 6.86. The van der Waals surface area contributed by atoms with Gasteiger partial charge in [-0.15, -0.1) is 0 Å². The van der Waals surface area contributed by atoms with E-state index in [-0.39, 0.29) is 11.8 Å². The Bertz CT molecular complexity index is 1030. The predicted molar refractivity (Wildman–Crippen MR) is 122 cm³/mol. The number of esters is 1. The highest BCUT2D eigenvalue weighted by atomic mass is 16.5. The second-order valence-electron chi connectivity index (χ2n) is 8.95. The van der Waals surface area contributed by atoms with Crippen LogP contribution in [0.4, 0.5) is 5.69 Å². The van der Waals surface area contributed by atoms with Crippen molar-refractivity contribution in [1.82, 2.24) is 5.32 Å². The molecule has 0 aromatic heterocycles. The third kappa shape index (κ3) is 3.43. The average Bonchev–Trinajstić information content (AvgIpc) is 3.27. The standard InChI is InChI=1S/C26H30N2O4/c1-5-6-15-26(25(31)32-4)21-20(22(27-26)18-11-7-16(2)8-12-18)23(29)28(24(21)30)19-13-9-17(3)10-14-19/h7-14,20-22,27H,5-6,15H2,1-4H3/t20-,21+,22+,26-/m0/s1. The SMILES string of the molecule is CCCC[C@]1(C(=O)OC)N[C@H](c2ccc(C)cc2)[C@H]2C(=O)N(c3ccc(C)cc3)C(=O)[C@@H]21. The molecule has 0 saturated carbocycles. The maximum Gasteiger partial charge on any atom is 0.326 e. The summed E-state index contributed by atoms with van der Waals surface area (Å²) in [6, 6.07) is 14.8. The average molecular weight is 435 g/mol. The number of aryl methyl sites for hydroxylation is 2. The maximum atomic E-state index is 13.8. The molecule has 6 heteroatoms. The lowest BCUT2D eigenvalue weighted by Gasteiger charge is -2.32. The number of hydrogen-bond acceptors (Lipinski definition) is 5. The van der Waals surface area contributed by atoms with Crippen molar-refractivity contribution in [2.75, 3.05) is 12.0 Å². The molecular weight excluding hydrogens is 404 g/mol. The minimum absolute atomic E-state index is 0.274. The molecule has 2 heterocycles. The molecule has 168 valence electrons. The molecule has 0 bridgehead atoms. The first kappa shape index (κ1) is 22.2. The molecule has 0 radical (unpaired) electrons. The summed E-state index contributed by atoms with van der Waals surface area (Å²) < 4.78 is 5.20. The molecule has 1 N–H and O–H groups in total. The van der Waals surface area contributed by atoms with E-state index in [0.29, 0.717) is 12.1 Å². The molecule has 0 spiro atoms. The number of nitrogens with zero attached hydrogens (tertiary/aromatic N) is 1. The molecule has 0 unspecified atom stereocenters. The Kier molecular flexibility index (Phi) is 5.91. The fourth-order valence-electron chi connectivity index (χ4n) is 5.17. The zero-order valence-corrected chi connectivity index (χ0v) is 19.1. The van der Waals surface area contributed by atoms with E-state index < -0.39 is 29.4 Å². The normalized spacial score (nSPS) is 27.0. The minimum Gasteiger partial charge on any atom is -0.468 e. The molecule has 4 atom stereocenters. The number of rotatable bonds is 6. The van der Waals surface area contributed by atoms with Crippen molar-refractivity contribution in [3.8, 4) is 0 Å². The number of hydrogen-bond donors (Lipinski definition) is 1. The number of carbonyl (C=O) groups excluding carboxylic acids is 3. The van der Waals surface area contributed by atoms with E-state index in [1.54, 1.807) is 12.1 Å². The number of benzene rings is 2. The first-order valence-corrected chi connectivity index (χ1v) is 11.2. The van der Waals surface area contributed by atoms with Gasteiger partial charge >= 0.3 is 5.97 Å². The molecule has 2 aliphatic heterocycles. The minimum atomic E-state index is -1.24. The van der Waals surface area contributed by atoms with Gasteiger partial charge in [0.25, 0.3) is 0 Å². The molecule has 2 saturated heterocycles. The van der Waals surface area contributed by atoms with E-state index >= 15 is 0 Å². The smallest absolute Gasteiger partial charge is 0.326 e. The number of amides is 2. The van der Waals surface area contributed by atoms with Crippen molar-refractivity contribution in [1.29, 1.82) is 0 Å². The molecule has 2 aliphatic rings. The lowest BCUT2D eigenvalue weighted by Crippen LogP contribution is -2.56. The molecule has 32 heavy (non-hydrogen) atoms. The van der Waals surface area contributed by atoms with Crippen LogP contribution in [0.3, 0.4) is 0 Å². The van der Waals surface area contributed by atoms with E-state index in [2.05, 4.69) is 5.32 Å². The zero-order valence-electron chi connectivity index (χ0n) is 19.1. The summed E-state index contributed by atoms with van der Waals surface area (Å²) in [7, 11) is 1.34. The highest BCUT2D eigenvalue weighted by Crippen LogP contribution is 2.51. The number of fused-ring (bicyclic) bond motifs is 1. The summed E-state index contributed by atoms with van der Waals surface area (Å²) in [5.41, 5.74) is 2.33. The molecule has 2 aromatic carbocycles. The quantitative estimate of drug-likeness (QED) is 0.552. The van der Waals surface area contributed by atoms with Gasteiger partial charge in [-0.25, -0.2) is 4.90 Å². The van der Waals surface area contributed by atoms with Crippen molar-refractivity contribution in [3.63, 3.8) is 0 Å². The zero-order chi connectivity index (χ0) is 23.0. The van der Waals surface area contributed by atoms with Crippen molar-refractivity contribution in [2.45, 2.75) is 51.6 Å². The van der Waals surface area contributed by atoms with E-state index in [0.717, 1.165) is 29.5 Å². The van der Waals surface area contributed by atoms with Gasteiger partial charge in [0, 0.05) is 6.04 Å². The lowest BCUT2D eigenvalue weighted by molar-refractivity contribution is -0.152. The maximum absolute atomic E-state index is 13.8. The van der Waals surface area contributed by atoms with Crippen LogP contribution in [0.2, 0.25) is 0 Å². The van der Waals surface area contributed by atoms with Crippen LogP contribution in [-0.4, -0.2) is 30.4 Å². The van der Waals surface area contributed by atoms with Gasteiger partial charge in [-0.1, -0.05) is 67.3 Å². The van der Waals surface area contributed by atoms with Gasteiger partial charge in [-0.05, 0) is 38.0 Å². The fraction of sp³-hybridized carbons (Fsp3) is 0.423. The highest BCUT2D eigenvalue weighted by molar-refractivity contribution is 6.24. The second-order valence-corrected chi connectivity index (χ2v) is 8.95. The number of anilines is 1. The van der Waals surface area contributed by atoms with Crippen molar-refractivity contribution in [3.05, 3.63) is 65.2 Å². The second kappa shape index (κ2) is 8.51. The fourth-order valence-corrected chi connectivity index (χ4v) is 5.17. The summed E-state index contributed by atoms with van der Waals surface area (Å²) in [6.07, 6.45) is 2.02. The van der Waals surface area contributed by atoms with Gasteiger partial charge in [0.1, 0.15) is 5.54 Å². The van der Waals surface area contributed by atoms with Gasteiger partial charge in [0.15, 0.2) is 0 Å². The lowest BCUT2D eigenvalue weighted by atomic mass is 9.76. The van der Waals surface area contributed by atoms with E-state index in [1.807, 2.05) is 57.2 Å². The molecule has 2 amide bonds.